The Morgan fingerprint density at radius 1 is 1.39 bits per heavy atom. The van der Waals surface area contributed by atoms with Crippen LogP contribution < -0.4 is 15.9 Å². The molecule has 18 heavy (non-hydrogen) atoms. The first kappa shape index (κ1) is 12.3. The molecular weight excluding hydrogens is 230 g/mol. The van der Waals surface area contributed by atoms with Gasteiger partial charge in [-0.2, -0.15) is 5.10 Å². The molecule has 0 aliphatic carbocycles. The molecule has 94 valence electrons. The lowest BCUT2D eigenvalue weighted by Gasteiger charge is -2.13. The van der Waals surface area contributed by atoms with Crippen LogP contribution in [0.3, 0.4) is 0 Å². The Morgan fingerprint density at radius 3 is 2.78 bits per heavy atom. The molecule has 0 saturated carbocycles. The minimum Gasteiger partial charge on any atom is -0.494 e. The molecule has 2 N–H and O–H groups in total. The molecule has 1 aromatic heterocycles. The molecule has 2 aromatic rings. The Labute approximate surface area is 105 Å². The Hall–Kier alpha value is -2.14. The summed E-state index contributed by atoms with van der Waals surface area (Å²) < 4.78 is 6.96. The highest BCUT2D eigenvalue weighted by atomic mass is 16.5. The van der Waals surface area contributed by atoms with E-state index in [0.29, 0.717) is 11.4 Å². The van der Waals surface area contributed by atoms with Crippen LogP contribution in [0, 0.1) is 6.92 Å². The summed E-state index contributed by atoms with van der Waals surface area (Å²) >= 11 is 0. The van der Waals surface area contributed by atoms with Crippen molar-refractivity contribution in [2.75, 3.05) is 7.11 Å². The van der Waals surface area contributed by atoms with Gasteiger partial charge >= 0.3 is 0 Å². The number of aromatic nitrogens is 2. The molecule has 1 aromatic carbocycles. The van der Waals surface area contributed by atoms with E-state index in [1.165, 1.54) is 6.07 Å². The van der Waals surface area contributed by atoms with E-state index < -0.39 is 0 Å². The molecule has 0 unspecified atom stereocenters. The van der Waals surface area contributed by atoms with Gasteiger partial charge in [0.1, 0.15) is 17.1 Å². The SMILES string of the molecule is COc1ccccc1-n1nc(CN)c(=O)cc1C. The fourth-order valence-electron chi connectivity index (χ4n) is 1.77. The largest absolute Gasteiger partial charge is 0.494 e. The summed E-state index contributed by atoms with van der Waals surface area (Å²) in [6.45, 7) is 1.94. The quantitative estimate of drug-likeness (QED) is 0.876. The summed E-state index contributed by atoms with van der Waals surface area (Å²) in [5.74, 6) is 0.694. The fraction of sp³-hybridized carbons (Fsp3) is 0.231. The number of ether oxygens (including phenoxy) is 1. The lowest BCUT2D eigenvalue weighted by molar-refractivity contribution is 0.411. The van der Waals surface area contributed by atoms with Crippen LogP contribution in [0.1, 0.15) is 11.4 Å². The number of rotatable bonds is 3. The summed E-state index contributed by atoms with van der Waals surface area (Å²) in [4.78, 5) is 11.6. The van der Waals surface area contributed by atoms with E-state index >= 15 is 0 Å². The van der Waals surface area contributed by atoms with Crippen molar-refractivity contribution in [2.45, 2.75) is 13.5 Å². The fourth-order valence-corrected chi connectivity index (χ4v) is 1.77. The van der Waals surface area contributed by atoms with Gasteiger partial charge in [-0.05, 0) is 19.1 Å². The summed E-state index contributed by atoms with van der Waals surface area (Å²) in [6.07, 6.45) is 0. The molecule has 0 aliphatic rings. The number of para-hydroxylation sites is 2. The van der Waals surface area contributed by atoms with Gasteiger partial charge in [-0.25, -0.2) is 4.68 Å². The van der Waals surface area contributed by atoms with E-state index in [9.17, 15) is 4.79 Å². The summed E-state index contributed by atoms with van der Waals surface area (Å²) in [5.41, 5.74) is 7.23. The number of aryl methyl sites for hydroxylation is 1. The minimum absolute atomic E-state index is 0.119. The Morgan fingerprint density at radius 2 is 2.11 bits per heavy atom. The highest BCUT2D eigenvalue weighted by Crippen LogP contribution is 2.21. The van der Waals surface area contributed by atoms with Gasteiger partial charge in [-0.1, -0.05) is 12.1 Å². The number of benzene rings is 1. The molecule has 0 saturated heterocycles. The van der Waals surface area contributed by atoms with Crippen molar-refractivity contribution in [3.8, 4) is 11.4 Å². The molecule has 0 atom stereocenters. The molecule has 0 fully saturated rings. The second-order valence-electron chi connectivity index (χ2n) is 3.88. The van der Waals surface area contributed by atoms with Crippen molar-refractivity contribution < 1.29 is 4.74 Å². The minimum atomic E-state index is -0.138. The highest BCUT2D eigenvalue weighted by molar-refractivity contribution is 5.46. The van der Waals surface area contributed by atoms with Gasteiger partial charge in [0.05, 0.1) is 7.11 Å². The maximum atomic E-state index is 11.6. The monoisotopic (exact) mass is 245 g/mol. The number of nitrogens with two attached hydrogens (primary N) is 1. The third kappa shape index (κ3) is 2.12. The average molecular weight is 245 g/mol. The first-order valence-electron chi connectivity index (χ1n) is 5.60. The Kier molecular flexibility index (Phi) is 3.43. The van der Waals surface area contributed by atoms with Crippen molar-refractivity contribution in [1.29, 1.82) is 0 Å². The van der Waals surface area contributed by atoms with Crippen LogP contribution in [0.25, 0.3) is 5.69 Å². The van der Waals surface area contributed by atoms with Crippen molar-refractivity contribution in [3.63, 3.8) is 0 Å². The zero-order valence-corrected chi connectivity index (χ0v) is 10.4. The molecule has 5 heteroatoms. The molecule has 0 bridgehead atoms. The van der Waals surface area contributed by atoms with Crippen LogP contribution in [-0.4, -0.2) is 16.9 Å². The summed E-state index contributed by atoms with van der Waals surface area (Å²) in [5, 5.41) is 4.27. The van der Waals surface area contributed by atoms with E-state index in [0.717, 1.165) is 11.4 Å². The maximum Gasteiger partial charge on any atom is 0.204 e. The van der Waals surface area contributed by atoms with Gasteiger partial charge in [-0.15, -0.1) is 0 Å². The van der Waals surface area contributed by atoms with Gasteiger partial charge in [-0.3, -0.25) is 4.79 Å². The standard InChI is InChI=1S/C13H15N3O2/c1-9-7-12(17)10(8-14)15-16(9)11-5-3-4-6-13(11)18-2/h3-7H,8,14H2,1-2H3. The smallest absolute Gasteiger partial charge is 0.204 e. The van der Waals surface area contributed by atoms with Gasteiger partial charge in [0.2, 0.25) is 5.43 Å². The summed E-state index contributed by atoms with van der Waals surface area (Å²) in [7, 11) is 1.60. The van der Waals surface area contributed by atoms with Crippen molar-refractivity contribution in [1.82, 2.24) is 9.78 Å². The zero-order chi connectivity index (χ0) is 13.1. The number of hydrogen-bond donors (Lipinski definition) is 1. The van der Waals surface area contributed by atoms with Crippen LogP contribution >= 0.6 is 0 Å². The van der Waals surface area contributed by atoms with Crippen LogP contribution in [-0.2, 0) is 6.54 Å². The van der Waals surface area contributed by atoms with Gasteiger partial charge in [0.25, 0.3) is 0 Å². The van der Waals surface area contributed by atoms with E-state index in [-0.39, 0.29) is 12.0 Å². The second kappa shape index (κ2) is 5.01. The number of hydrogen-bond acceptors (Lipinski definition) is 4. The van der Waals surface area contributed by atoms with Crippen LogP contribution in [0.15, 0.2) is 35.1 Å². The van der Waals surface area contributed by atoms with Gasteiger partial charge in [0.15, 0.2) is 0 Å². The Bertz CT molecular complexity index is 620. The van der Waals surface area contributed by atoms with Gasteiger partial charge < -0.3 is 10.5 Å². The predicted molar refractivity (Wildman–Crippen MR) is 69.0 cm³/mol. The molecule has 0 spiro atoms. The van der Waals surface area contributed by atoms with Gasteiger partial charge in [0, 0.05) is 18.3 Å². The van der Waals surface area contributed by atoms with E-state index in [2.05, 4.69) is 5.10 Å². The predicted octanol–water partition coefficient (Wildman–Crippen LogP) is 1.01. The number of methoxy groups -OCH3 is 1. The molecule has 1 heterocycles. The molecule has 2 rings (SSSR count). The normalized spacial score (nSPS) is 10.4. The number of nitrogens with zero attached hydrogens (tertiary/aromatic N) is 2. The van der Waals surface area contributed by atoms with Crippen molar-refractivity contribution in [2.24, 2.45) is 5.73 Å². The topological polar surface area (TPSA) is 70.1 Å². The van der Waals surface area contributed by atoms with E-state index in [1.54, 1.807) is 11.8 Å². The van der Waals surface area contributed by atoms with E-state index in [4.69, 9.17) is 10.5 Å². The van der Waals surface area contributed by atoms with Crippen LogP contribution in [0.5, 0.6) is 5.75 Å². The molecule has 5 nitrogen and oxygen atoms in total. The summed E-state index contributed by atoms with van der Waals surface area (Å²) in [6, 6.07) is 9.02. The first-order valence-corrected chi connectivity index (χ1v) is 5.60. The average Bonchev–Trinajstić information content (AvgIpc) is 2.39. The van der Waals surface area contributed by atoms with Crippen molar-refractivity contribution in [3.05, 3.63) is 51.9 Å². The Balaban J connectivity index is 2.67. The highest BCUT2D eigenvalue weighted by Gasteiger charge is 2.09. The lowest BCUT2D eigenvalue weighted by Crippen LogP contribution is -2.21. The molecule has 0 radical (unpaired) electrons. The van der Waals surface area contributed by atoms with Crippen molar-refractivity contribution >= 4 is 0 Å². The first-order chi connectivity index (χ1) is 8.67. The van der Waals surface area contributed by atoms with E-state index in [1.807, 2.05) is 31.2 Å². The zero-order valence-electron chi connectivity index (χ0n) is 10.4. The lowest BCUT2D eigenvalue weighted by atomic mass is 10.2. The van der Waals surface area contributed by atoms with Crippen LogP contribution in [0.2, 0.25) is 0 Å². The van der Waals surface area contributed by atoms with Crippen LogP contribution in [0.4, 0.5) is 0 Å². The molecule has 0 aliphatic heterocycles. The molecular formula is C13H15N3O2. The second-order valence-corrected chi connectivity index (χ2v) is 3.88. The maximum absolute atomic E-state index is 11.6. The molecule has 0 amide bonds. The third-order valence-electron chi connectivity index (χ3n) is 2.69. The third-order valence-corrected chi connectivity index (χ3v) is 2.69.